The fourth-order valence-electron chi connectivity index (χ4n) is 2.46. The van der Waals surface area contributed by atoms with Gasteiger partial charge in [0.2, 0.25) is 0 Å². The van der Waals surface area contributed by atoms with E-state index in [4.69, 9.17) is 15.5 Å². The third kappa shape index (κ3) is 2.68. The van der Waals surface area contributed by atoms with Gasteiger partial charge >= 0.3 is 0 Å². The first kappa shape index (κ1) is 13.8. The van der Waals surface area contributed by atoms with Crippen molar-refractivity contribution in [3.05, 3.63) is 10.6 Å². The Balaban J connectivity index is 2.14. The van der Waals surface area contributed by atoms with Gasteiger partial charge in [0.15, 0.2) is 5.13 Å². The second kappa shape index (κ2) is 5.99. The average molecular weight is 269 g/mol. The maximum absolute atomic E-state index is 5.77. The van der Waals surface area contributed by atoms with Crippen molar-refractivity contribution in [2.24, 2.45) is 11.7 Å². The third-order valence-corrected chi connectivity index (χ3v) is 4.93. The van der Waals surface area contributed by atoms with Gasteiger partial charge in [-0.1, -0.05) is 13.8 Å². The molecule has 1 aromatic heterocycles. The first-order valence-corrected chi connectivity index (χ1v) is 7.47. The number of ether oxygens (including phenoxy) is 1. The lowest BCUT2D eigenvalue weighted by molar-refractivity contribution is 0.0498. The average Bonchev–Trinajstić information content (AvgIpc) is 2.82. The SMILES string of the molecule is CCc1nc(N2CCC(C)C(OC)C2)sc1CN. The predicted octanol–water partition coefficient (Wildman–Crippen LogP) is 2.03. The van der Waals surface area contributed by atoms with Gasteiger partial charge in [0.05, 0.1) is 11.8 Å². The zero-order valence-electron chi connectivity index (χ0n) is 11.5. The van der Waals surface area contributed by atoms with E-state index in [9.17, 15) is 0 Å². The summed E-state index contributed by atoms with van der Waals surface area (Å²) in [6.45, 7) is 7.00. The molecule has 2 atom stereocenters. The number of piperidine rings is 1. The first-order valence-electron chi connectivity index (χ1n) is 6.66. The molecule has 0 saturated carbocycles. The maximum Gasteiger partial charge on any atom is 0.185 e. The molecule has 0 radical (unpaired) electrons. The van der Waals surface area contributed by atoms with Crippen LogP contribution in [0.2, 0.25) is 0 Å². The summed E-state index contributed by atoms with van der Waals surface area (Å²) in [6.07, 6.45) is 2.44. The quantitative estimate of drug-likeness (QED) is 0.908. The van der Waals surface area contributed by atoms with Crippen LogP contribution in [0.15, 0.2) is 0 Å². The Morgan fingerprint density at radius 2 is 2.33 bits per heavy atom. The highest BCUT2D eigenvalue weighted by molar-refractivity contribution is 7.15. The highest BCUT2D eigenvalue weighted by atomic mass is 32.1. The van der Waals surface area contributed by atoms with Crippen LogP contribution in [-0.4, -0.2) is 31.3 Å². The van der Waals surface area contributed by atoms with E-state index in [1.54, 1.807) is 18.4 Å². The monoisotopic (exact) mass is 269 g/mol. The summed E-state index contributed by atoms with van der Waals surface area (Å²) in [4.78, 5) is 8.29. The Morgan fingerprint density at radius 3 is 2.89 bits per heavy atom. The van der Waals surface area contributed by atoms with E-state index < -0.39 is 0 Å². The summed E-state index contributed by atoms with van der Waals surface area (Å²) >= 11 is 1.74. The Hall–Kier alpha value is -0.650. The number of nitrogens with zero attached hydrogens (tertiary/aromatic N) is 2. The fourth-order valence-corrected chi connectivity index (χ4v) is 3.52. The lowest BCUT2D eigenvalue weighted by atomic mass is 9.96. The molecule has 0 spiro atoms. The van der Waals surface area contributed by atoms with Crippen LogP contribution >= 0.6 is 11.3 Å². The molecule has 0 amide bonds. The maximum atomic E-state index is 5.77. The number of aryl methyl sites for hydroxylation is 1. The van der Waals surface area contributed by atoms with Crippen molar-refractivity contribution in [2.45, 2.75) is 39.3 Å². The van der Waals surface area contributed by atoms with Crippen molar-refractivity contribution in [3.63, 3.8) is 0 Å². The van der Waals surface area contributed by atoms with Gasteiger partial charge < -0.3 is 15.4 Å². The topological polar surface area (TPSA) is 51.4 Å². The second-order valence-electron chi connectivity index (χ2n) is 4.91. The normalized spacial score (nSPS) is 24.6. The second-order valence-corrected chi connectivity index (χ2v) is 5.97. The van der Waals surface area contributed by atoms with Crippen molar-refractivity contribution >= 4 is 16.5 Å². The molecule has 102 valence electrons. The number of hydrogen-bond donors (Lipinski definition) is 1. The Morgan fingerprint density at radius 1 is 1.56 bits per heavy atom. The first-order chi connectivity index (χ1) is 8.69. The standard InChI is InChI=1S/C13H23N3OS/c1-4-10-12(7-14)18-13(15-10)16-6-5-9(2)11(8-16)17-3/h9,11H,4-8,14H2,1-3H3. The molecule has 5 heteroatoms. The largest absolute Gasteiger partial charge is 0.379 e. The number of anilines is 1. The zero-order valence-corrected chi connectivity index (χ0v) is 12.3. The number of hydrogen-bond acceptors (Lipinski definition) is 5. The zero-order chi connectivity index (χ0) is 13.1. The minimum absolute atomic E-state index is 0.314. The van der Waals surface area contributed by atoms with Crippen molar-refractivity contribution in [3.8, 4) is 0 Å². The minimum Gasteiger partial charge on any atom is -0.379 e. The highest BCUT2D eigenvalue weighted by Crippen LogP contribution is 2.30. The van der Waals surface area contributed by atoms with Crippen LogP contribution in [0.5, 0.6) is 0 Å². The molecule has 1 aliphatic heterocycles. The number of rotatable bonds is 4. The molecular weight excluding hydrogens is 246 g/mol. The summed E-state index contributed by atoms with van der Waals surface area (Å²) in [7, 11) is 1.80. The van der Waals surface area contributed by atoms with Gasteiger partial charge in [-0.25, -0.2) is 4.98 Å². The molecule has 1 fully saturated rings. The molecule has 2 N–H and O–H groups in total. The number of aromatic nitrogens is 1. The van der Waals surface area contributed by atoms with Crippen LogP contribution in [0.4, 0.5) is 5.13 Å². The highest BCUT2D eigenvalue weighted by Gasteiger charge is 2.28. The summed E-state index contributed by atoms with van der Waals surface area (Å²) in [5, 5.41) is 1.11. The van der Waals surface area contributed by atoms with E-state index in [2.05, 4.69) is 18.7 Å². The lowest BCUT2D eigenvalue weighted by Gasteiger charge is -2.36. The number of methoxy groups -OCH3 is 1. The van der Waals surface area contributed by atoms with Crippen LogP contribution in [0, 0.1) is 5.92 Å². The Kier molecular flexibility index (Phi) is 4.59. The van der Waals surface area contributed by atoms with Gasteiger partial charge in [-0.15, -0.1) is 11.3 Å². The van der Waals surface area contributed by atoms with Crippen molar-refractivity contribution in [1.29, 1.82) is 0 Å². The van der Waals surface area contributed by atoms with Crippen LogP contribution < -0.4 is 10.6 Å². The minimum atomic E-state index is 0.314. The molecule has 1 aliphatic rings. The van der Waals surface area contributed by atoms with E-state index in [-0.39, 0.29) is 0 Å². The summed E-state index contributed by atoms with van der Waals surface area (Å²) in [5.74, 6) is 0.630. The van der Waals surface area contributed by atoms with Crippen LogP contribution in [-0.2, 0) is 17.7 Å². The van der Waals surface area contributed by atoms with E-state index in [1.165, 1.54) is 4.88 Å². The summed E-state index contributed by atoms with van der Waals surface area (Å²) < 4.78 is 5.56. The van der Waals surface area contributed by atoms with E-state index in [1.807, 2.05) is 0 Å². The predicted molar refractivity (Wildman–Crippen MR) is 76.2 cm³/mol. The molecule has 0 bridgehead atoms. The molecule has 1 saturated heterocycles. The number of thiazole rings is 1. The molecular formula is C13H23N3OS. The fraction of sp³-hybridized carbons (Fsp3) is 0.769. The smallest absolute Gasteiger partial charge is 0.185 e. The molecule has 2 unspecified atom stereocenters. The van der Waals surface area contributed by atoms with Crippen LogP contribution in [0.3, 0.4) is 0 Å². The third-order valence-electron chi connectivity index (χ3n) is 3.75. The molecule has 2 rings (SSSR count). The Labute approximate surface area is 113 Å². The van der Waals surface area contributed by atoms with Crippen molar-refractivity contribution < 1.29 is 4.74 Å². The molecule has 1 aromatic rings. The summed E-state index contributed by atoms with van der Waals surface area (Å²) in [6, 6.07) is 0. The molecule has 0 aromatic carbocycles. The van der Waals surface area contributed by atoms with Gasteiger partial charge in [-0.3, -0.25) is 0 Å². The van der Waals surface area contributed by atoms with Gasteiger partial charge in [0.25, 0.3) is 0 Å². The van der Waals surface area contributed by atoms with Crippen molar-refractivity contribution in [1.82, 2.24) is 4.98 Å². The summed E-state index contributed by atoms with van der Waals surface area (Å²) in [5.41, 5.74) is 6.93. The van der Waals surface area contributed by atoms with Gasteiger partial charge in [0, 0.05) is 31.6 Å². The molecule has 0 aliphatic carbocycles. The van der Waals surface area contributed by atoms with Crippen LogP contribution in [0.1, 0.15) is 30.8 Å². The molecule has 18 heavy (non-hydrogen) atoms. The van der Waals surface area contributed by atoms with Gasteiger partial charge in [-0.2, -0.15) is 0 Å². The van der Waals surface area contributed by atoms with Gasteiger partial charge in [0.1, 0.15) is 0 Å². The lowest BCUT2D eigenvalue weighted by Crippen LogP contribution is -2.43. The van der Waals surface area contributed by atoms with Crippen LogP contribution in [0.25, 0.3) is 0 Å². The van der Waals surface area contributed by atoms with Crippen molar-refractivity contribution in [2.75, 3.05) is 25.1 Å². The van der Waals surface area contributed by atoms with E-state index >= 15 is 0 Å². The molecule has 2 heterocycles. The molecule has 4 nitrogen and oxygen atoms in total. The van der Waals surface area contributed by atoms with E-state index in [0.717, 1.165) is 36.8 Å². The Bertz CT molecular complexity index is 372. The van der Waals surface area contributed by atoms with Gasteiger partial charge in [-0.05, 0) is 18.8 Å². The van der Waals surface area contributed by atoms with E-state index in [0.29, 0.717) is 18.6 Å². The number of nitrogens with two attached hydrogens (primary N) is 1.